The van der Waals surface area contributed by atoms with Crippen molar-refractivity contribution >= 4 is 18.3 Å². The first-order valence-corrected chi connectivity index (χ1v) is 8.28. The third-order valence-electron chi connectivity index (χ3n) is 4.85. The molecule has 1 amide bonds. The van der Waals surface area contributed by atoms with Gasteiger partial charge in [0.05, 0.1) is 0 Å². The highest BCUT2D eigenvalue weighted by Gasteiger charge is 2.22. The van der Waals surface area contributed by atoms with Crippen LogP contribution >= 0.6 is 12.4 Å². The highest BCUT2D eigenvalue weighted by Crippen LogP contribution is 2.27. The number of nitrogens with one attached hydrogen (secondary N) is 2. The Bertz CT molecular complexity index is 272. The Kier molecular flexibility index (Phi) is 8.55. The molecule has 118 valence electrons. The van der Waals surface area contributed by atoms with Gasteiger partial charge in [-0.3, -0.25) is 4.79 Å². The molecule has 2 fully saturated rings. The minimum atomic E-state index is 0. The molecule has 0 aromatic carbocycles. The van der Waals surface area contributed by atoms with Crippen LogP contribution in [-0.4, -0.2) is 25.0 Å². The van der Waals surface area contributed by atoms with Crippen LogP contribution in [0.25, 0.3) is 0 Å². The van der Waals surface area contributed by atoms with E-state index < -0.39 is 0 Å². The summed E-state index contributed by atoms with van der Waals surface area (Å²) in [6, 6.07) is 0.460. The monoisotopic (exact) mass is 302 g/mol. The summed E-state index contributed by atoms with van der Waals surface area (Å²) >= 11 is 0. The molecule has 1 saturated heterocycles. The Morgan fingerprint density at radius 3 is 2.45 bits per heavy atom. The Morgan fingerprint density at radius 2 is 1.85 bits per heavy atom. The van der Waals surface area contributed by atoms with Crippen molar-refractivity contribution in [1.82, 2.24) is 10.6 Å². The van der Waals surface area contributed by atoms with Gasteiger partial charge < -0.3 is 10.6 Å². The Balaban J connectivity index is 0.00000200. The van der Waals surface area contributed by atoms with Gasteiger partial charge in [0, 0.05) is 12.5 Å². The van der Waals surface area contributed by atoms with Crippen LogP contribution in [0.15, 0.2) is 0 Å². The van der Waals surface area contributed by atoms with Crippen LogP contribution < -0.4 is 10.6 Å². The van der Waals surface area contributed by atoms with Gasteiger partial charge in [0.25, 0.3) is 0 Å². The fourth-order valence-electron chi connectivity index (χ4n) is 3.60. The average molecular weight is 303 g/mol. The maximum atomic E-state index is 11.9. The quantitative estimate of drug-likeness (QED) is 0.790. The summed E-state index contributed by atoms with van der Waals surface area (Å²) in [5.74, 6) is 1.93. The van der Waals surface area contributed by atoms with Crippen molar-refractivity contribution in [3.05, 3.63) is 0 Å². The summed E-state index contributed by atoms with van der Waals surface area (Å²) in [7, 11) is 0. The molecule has 1 aliphatic heterocycles. The summed E-state index contributed by atoms with van der Waals surface area (Å²) in [6.07, 6.45) is 10.7. The number of carbonyl (C=O) groups excluding carboxylic acids is 1. The van der Waals surface area contributed by atoms with E-state index in [1.54, 1.807) is 0 Å². The van der Waals surface area contributed by atoms with E-state index in [1.807, 2.05) is 0 Å². The summed E-state index contributed by atoms with van der Waals surface area (Å²) in [6.45, 7) is 4.51. The minimum Gasteiger partial charge on any atom is -0.353 e. The van der Waals surface area contributed by atoms with Crippen LogP contribution in [-0.2, 0) is 4.79 Å². The zero-order chi connectivity index (χ0) is 13.5. The first-order valence-electron chi connectivity index (χ1n) is 8.28. The average Bonchev–Trinajstić information content (AvgIpc) is 2.92. The third kappa shape index (κ3) is 6.01. The van der Waals surface area contributed by atoms with E-state index in [0.29, 0.717) is 6.04 Å². The Labute approximate surface area is 130 Å². The van der Waals surface area contributed by atoms with Crippen LogP contribution in [0.3, 0.4) is 0 Å². The number of rotatable bonds is 6. The number of hydrogen-bond acceptors (Lipinski definition) is 2. The van der Waals surface area contributed by atoms with E-state index >= 15 is 0 Å². The topological polar surface area (TPSA) is 41.1 Å². The molecule has 3 nitrogen and oxygen atoms in total. The van der Waals surface area contributed by atoms with Crippen LogP contribution in [0.2, 0.25) is 0 Å². The Morgan fingerprint density at radius 1 is 1.10 bits per heavy atom. The van der Waals surface area contributed by atoms with E-state index in [0.717, 1.165) is 37.8 Å². The molecule has 1 unspecified atom stereocenters. The molecule has 4 heteroatoms. The van der Waals surface area contributed by atoms with E-state index in [-0.39, 0.29) is 18.3 Å². The molecular weight excluding hydrogens is 272 g/mol. The lowest BCUT2D eigenvalue weighted by Crippen LogP contribution is -2.37. The van der Waals surface area contributed by atoms with Gasteiger partial charge in [-0.1, -0.05) is 19.8 Å². The summed E-state index contributed by atoms with van der Waals surface area (Å²) in [5.41, 5.74) is 0. The minimum absolute atomic E-state index is 0. The van der Waals surface area contributed by atoms with Gasteiger partial charge in [-0.15, -0.1) is 12.4 Å². The van der Waals surface area contributed by atoms with Crippen molar-refractivity contribution in [3.63, 3.8) is 0 Å². The van der Waals surface area contributed by atoms with E-state index in [1.165, 1.54) is 44.9 Å². The molecule has 1 saturated carbocycles. The highest BCUT2D eigenvalue weighted by atomic mass is 35.5. The fraction of sp³-hybridized carbons (Fsp3) is 0.938. The van der Waals surface area contributed by atoms with Crippen LogP contribution in [0.5, 0.6) is 0 Å². The molecular formula is C16H31ClN2O. The van der Waals surface area contributed by atoms with Crippen LogP contribution in [0.1, 0.15) is 64.7 Å². The van der Waals surface area contributed by atoms with Crippen LogP contribution in [0.4, 0.5) is 0 Å². The lowest BCUT2D eigenvalue weighted by molar-refractivity contribution is -0.122. The lowest BCUT2D eigenvalue weighted by atomic mass is 9.83. The zero-order valence-electron chi connectivity index (χ0n) is 12.8. The fourth-order valence-corrected chi connectivity index (χ4v) is 3.60. The zero-order valence-corrected chi connectivity index (χ0v) is 13.6. The molecule has 1 aliphatic carbocycles. The van der Waals surface area contributed by atoms with Gasteiger partial charge in [0.1, 0.15) is 0 Å². The van der Waals surface area contributed by atoms with E-state index in [9.17, 15) is 4.79 Å². The number of halogens is 1. The molecule has 20 heavy (non-hydrogen) atoms. The predicted octanol–water partition coefficient (Wildman–Crippen LogP) is 3.27. The number of hydrogen-bond donors (Lipinski definition) is 2. The molecule has 0 radical (unpaired) electrons. The van der Waals surface area contributed by atoms with Gasteiger partial charge in [-0.25, -0.2) is 0 Å². The molecule has 2 aliphatic rings. The smallest absolute Gasteiger partial charge is 0.220 e. The van der Waals surface area contributed by atoms with Gasteiger partial charge >= 0.3 is 0 Å². The van der Waals surface area contributed by atoms with Crippen molar-refractivity contribution in [3.8, 4) is 0 Å². The first-order chi connectivity index (χ1) is 9.28. The maximum Gasteiger partial charge on any atom is 0.220 e. The third-order valence-corrected chi connectivity index (χ3v) is 4.85. The molecule has 0 aromatic heterocycles. The van der Waals surface area contributed by atoms with Crippen molar-refractivity contribution in [2.45, 2.75) is 70.8 Å². The molecule has 0 spiro atoms. The molecule has 0 aromatic rings. The second-order valence-corrected chi connectivity index (χ2v) is 6.47. The van der Waals surface area contributed by atoms with Gasteiger partial charge in [-0.05, 0) is 63.5 Å². The number of carbonyl (C=O) groups is 1. The normalized spacial score (nSPS) is 29.8. The molecule has 0 bridgehead atoms. The van der Waals surface area contributed by atoms with Gasteiger partial charge in [0.15, 0.2) is 0 Å². The van der Waals surface area contributed by atoms with Crippen molar-refractivity contribution in [2.75, 3.05) is 13.1 Å². The van der Waals surface area contributed by atoms with Crippen molar-refractivity contribution < 1.29 is 4.79 Å². The first kappa shape index (κ1) is 17.8. The predicted molar refractivity (Wildman–Crippen MR) is 86.3 cm³/mol. The van der Waals surface area contributed by atoms with Crippen LogP contribution in [0, 0.1) is 11.8 Å². The summed E-state index contributed by atoms with van der Waals surface area (Å²) < 4.78 is 0. The summed E-state index contributed by atoms with van der Waals surface area (Å²) in [5, 5.41) is 6.61. The second-order valence-electron chi connectivity index (χ2n) is 6.47. The standard InChI is InChI=1S/C16H30N2O.ClH/c1-2-3-13-4-7-15(8-5-13)18-16(19)9-6-14-10-11-17-12-14;/h13-15,17H,2-12H2,1H3,(H,18,19);1H. The van der Waals surface area contributed by atoms with Crippen molar-refractivity contribution in [1.29, 1.82) is 0 Å². The highest BCUT2D eigenvalue weighted by molar-refractivity contribution is 5.85. The maximum absolute atomic E-state index is 11.9. The summed E-state index contributed by atoms with van der Waals surface area (Å²) in [4.78, 5) is 11.9. The molecule has 1 heterocycles. The molecule has 1 atom stereocenters. The van der Waals surface area contributed by atoms with Crippen molar-refractivity contribution in [2.24, 2.45) is 11.8 Å². The Hall–Kier alpha value is -0.280. The largest absolute Gasteiger partial charge is 0.353 e. The van der Waals surface area contributed by atoms with Gasteiger partial charge in [0.2, 0.25) is 5.91 Å². The van der Waals surface area contributed by atoms with Gasteiger partial charge in [-0.2, -0.15) is 0 Å². The molecule has 2 rings (SSSR count). The number of amides is 1. The SMILES string of the molecule is CCCC1CCC(NC(=O)CCC2CCNC2)CC1.Cl. The second kappa shape index (κ2) is 9.62. The lowest BCUT2D eigenvalue weighted by Gasteiger charge is -2.29. The molecule has 2 N–H and O–H groups in total. The van der Waals surface area contributed by atoms with E-state index in [4.69, 9.17) is 0 Å². The van der Waals surface area contributed by atoms with E-state index in [2.05, 4.69) is 17.6 Å².